The van der Waals surface area contributed by atoms with Crippen LogP contribution in [0.3, 0.4) is 0 Å². The van der Waals surface area contributed by atoms with Crippen molar-refractivity contribution in [1.29, 1.82) is 0 Å². The number of aromatic nitrogens is 4. The lowest BCUT2D eigenvalue weighted by Gasteiger charge is -2.13. The first-order valence-electron chi connectivity index (χ1n) is 6.29. The van der Waals surface area contributed by atoms with Gasteiger partial charge in [-0.3, -0.25) is 0 Å². The highest BCUT2D eigenvalue weighted by molar-refractivity contribution is 7.16. The van der Waals surface area contributed by atoms with E-state index in [1.165, 1.54) is 5.56 Å². The molecule has 0 unspecified atom stereocenters. The van der Waals surface area contributed by atoms with Crippen molar-refractivity contribution in [2.75, 3.05) is 0 Å². The van der Waals surface area contributed by atoms with Gasteiger partial charge < -0.3 is 0 Å². The molecule has 4 nitrogen and oxygen atoms in total. The van der Waals surface area contributed by atoms with E-state index in [4.69, 9.17) is 0 Å². The molecule has 1 aromatic carbocycles. The van der Waals surface area contributed by atoms with Crippen LogP contribution < -0.4 is 0 Å². The van der Waals surface area contributed by atoms with Crippen molar-refractivity contribution in [2.24, 2.45) is 0 Å². The first-order chi connectivity index (χ1) is 9.04. The molecule has 0 bridgehead atoms. The maximum atomic E-state index is 4.64. The third kappa shape index (κ3) is 2.38. The molecule has 0 saturated heterocycles. The molecule has 0 fully saturated rings. The van der Waals surface area contributed by atoms with Gasteiger partial charge in [-0.1, -0.05) is 62.4 Å². The zero-order valence-electron chi connectivity index (χ0n) is 11.3. The molecule has 0 saturated carbocycles. The van der Waals surface area contributed by atoms with Gasteiger partial charge >= 0.3 is 0 Å². The van der Waals surface area contributed by atoms with Gasteiger partial charge in [0.2, 0.25) is 4.96 Å². The Morgan fingerprint density at radius 2 is 1.84 bits per heavy atom. The van der Waals surface area contributed by atoms with Crippen molar-refractivity contribution in [1.82, 2.24) is 19.8 Å². The minimum Gasteiger partial charge on any atom is -0.187 e. The summed E-state index contributed by atoms with van der Waals surface area (Å²) in [6.07, 6.45) is 0.846. The first kappa shape index (κ1) is 12.3. The Labute approximate surface area is 116 Å². The summed E-state index contributed by atoms with van der Waals surface area (Å²) in [4.78, 5) is 0.871. The van der Waals surface area contributed by atoms with Gasteiger partial charge in [0.1, 0.15) is 5.01 Å². The minimum absolute atomic E-state index is 0.0441. The molecule has 2 heterocycles. The second-order valence-corrected chi connectivity index (χ2v) is 6.67. The van der Waals surface area contributed by atoms with Crippen molar-refractivity contribution in [2.45, 2.75) is 32.6 Å². The van der Waals surface area contributed by atoms with Crippen LogP contribution in [-0.4, -0.2) is 19.8 Å². The standard InChI is InChI=1S/C14H16N4S/c1-14(2,3)12-15-16-13-18(12)17-11(19-13)9-10-7-5-4-6-8-10/h4-8H,9H2,1-3H3. The van der Waals surface area contributed by atoms with Crippen LogP contribution in [0, 0.1) is 0 Å². The van der Waals surface area contributed by atoms with E-state index in [-0.39, 0.29) is 5.41 Å². The van der Waals surface area contributed by atoms with Crippen LogP contribution in [-0.2, 0) is 11.8 Å². The van der Waals surface area contributed by atoms with E-state index in [1.807, 2.05) is 10.6 Å². The van der Waals surface area contributed by atoms with Gasteiger partial charge in [-0.25, -0.2) is 0 Å². The van der Waals surface area contributed by atoms with Crippen LogP contribution in [0.25, 0.3) is 4.96 Å². The number of nitrogens with zero attached hydrogens (tertiary/aromatic N) is 4. The lowest BCUT2D eigenvalue weighted by Crippen LogP contribution is -2.16. The smallest absolute Gasteiger partial charge is 0.187 e. The zero-order valence-corrected chi connectivity index (χ0v) is 12.1. The summed E-state index contributed by atoms with van der Waals surface area (Å²) in [5.41, 5.74) is 1.22. The molecular weight excluding hydrogens is 256 g/mol. The zero-order chi connectivity index (χ0) is 13.5. The number of rotatable bonds is 2. The van der Waals surface area contributed by atoms with E-state index < -0.39 is 0 Å². The van der Waals surface area contributed by atoms with Gasteiger partial charge in [-0.15, -0.1) is 10.2 Å². The van der Waals surface area contributed by atoms with Gasteiger partial charge in [-0.2, -0.15) is 9.61 Å². The van der Waals surface area contributed by atoms with Crippen molar-refractivity contribution < 1.29 is 0 Å². The van der Waals surface area contributed by atoms with Crippen LogP contribution in [0.2, 0.25) is 0 Å². The van der Waals surface area contributed by atoms with E-state index in [2.05, 4.69) is 60.3 Å². The molecule has 0 radical (unpaired) electrons. The average molecular weight is 272 g/mol. The third-order valence-corrected chi connectivity index (χ3v) is 3.80. The lowest BCUT2D eigenvalue weighted by molar-refractivity contribution is 0.527. The summed E-state index contributed by atoms with van der Waals surface area (Å²) >= 11 is 1.61. The predicted molar refractivity (Wildman–Crippen MR) is 76.6 cm³/mol. The number of benzene rings is 1. The van der Waals surface area contributed by atoms with Crippen LogP contribution >= 0.6 is 11.3 Å². The number of fused-ring (bicyclic) bond motifs is 1. The second-order valence-electron chi connectivity index (χ2n) is 5.63. The molecule has 5 heteroatoms. The summed E-state index contributed by atoms with van der Waals surface area (Å²) in [6.45, 7) is 6.37. The second kappa shape index (κ2) is 4.42. The topological polar surface area (TPSA) is 43.1 Å². The van der Waals surface area contributed by atoms with Crippen LogP contribution in [0.1, 0.15) is 37.2 Å². The molecule has 3 aromatic rings. The molecule has 0 N–H and O–H groups in total. The fourth-order valence-corrected chi connectivity index (χ4v) is 2.83. The third-order valence-electron chi connectivity index (χ3n) is 2.90. The summed E-state index contributed by atoms with van der Waals surface area (Å²) in [5.74, 6) is 0.915. The molecule has 3 rings (SSSR count). The highest BCUT2D eigenvalue weighted by atomic mass is 32.1. The quantitative estimate of drug-likeness (QED) is 0.720. The summed E-state index contributed by atoms with van der Waals surface area (Å²) < 4.78 is 1.88. The molecule has 0 atom stereocenters. The van der Waals surface area contributed by atoms with Gasteiger partial charge in [-0.05, 0) is 5.56 Å². The van der Waals surface area contributed by atoms with E-state index in [9.17, 15) is 0 Å². The Morgan fingerprint density at radius 3 is 2.53 bits per heavy atom. The summed E-state index contributed by atoms with van der Waals surface area (Å²) in [7, 11) is 0. The van der Waals surface area contributed by atoms with Crippen LogP contribution in [0.5, 0.6) is 0 Å². The van der Waals surface area contributed by atoms with Crippen molar-refractivity contribution in [3.8, 4) is 0 Å². The van der Waals surface area contributed by atoms with E-state index in [0.29, 0.717) is 0 Å². The van der Waals surface area contributed by atoms with Crippen LogP contribution in [0.4, 0.5) is 0 Å². The molecule has 2 aromatic heterocycles. The summed E-state index contributed by atoms with van der Waals surface area (Å²) in [5, 5.41) is 14.2. The Bertz CT molecular complexity index is 691. The lowest BCUT2D eigenvalue weighted by atomic mass is 9.96. The van der Waals surface area contributed by atoms with Gasteiger partial charge in [0.05, 0.1) is 0 Å². The number of hydrogen-bond donors (Lipinski definition) is 0. The molecule has 0 aliphatic carbocycles. The van der Waals surface area contributed by atoms with Crippen molar-refractivity contribution >= 4 is 16.3 Å². The monoisotopic (exact) mass is 272 g/mol. The average Bonchev–Trinajstić information content (AvgIpc) is 2.88. The minimum atomic E-state index is -0.0441. The molecular formula is C14H16N4S. The molecule has 19 heavy (non-hydrogen) atoms. The fraction of sp³-hybridized carbons (Fsp3) is 0.357. The van der Waals surface area contributed by atoms with Gasteiger partial charge in [0, 0.05) is 11.8 Å². The fourth-order valence-electron chi connectivity index (χ4n) is 1.97. The first-order valence-corrected chi connectivity index (χ1v) is 7.11. The molecule has 0 aliphatic heterocycles. The Balaban J connectivity index is 1.97. The van der Waals surface area contributed by atoms with Crippen molar-refractivity contribution in [3.05, 3.63) is 46.7 Å². The maximum absolute atomic E-state index is 4.64. The van der Waals surface area contributed by atoms with E-state index >= 15 is 0 Å². The highest BCUT2D eigenvalue weighted by Gasteiger charge is 2.23. The molecule has 98 valence electrons. The Hall–Kier alpha value is -1.75. The molecule has 0 spiro atoms. The Kier molecular flexibility index (Phi) is 2.86. The SMILES string of the molecule is CC(C)(C)c1nnc2sc(Cc3ccccc3)nn12. The highest BCUT2D eigenvalue weighted by Crippen LogP contribution is 2.24. The largest absolute Gasteiger partial charge is 0.234 e. The summed E-state index contributed by atoms with van der Waals surface area (Å²) in [6, 6.07) is 10.4. The normalized spacial score (nSPS) is 12.2. The Morgan fingerprint density at radius 1 is 1.11 bits per heavy atom. The van der Waals surface area contributed by atoms with E-state index in [0.717, 1.165) is 22.2 Å². The maximum Gasteiger partial charge on any atom is 0.234 e. The predicted octanol–water partition coefficient (Wildman–Crippen LogP) is 3.07. The number of hydrogen-bond acceptors (Lipinski definition) is 4. The van der Waals surface area contributed by atoms with Gasteiger partial charge in [0.25, 0.3) is 0 Å². The van der Waals surface area contributed by atoms with E-state index in [1.54, 1.807) is 11.3 Å². The van der Waals surface area contributed by atoms with Gasteiger partial charge in [0.15, 0.2) is 5.82 Å². The van der Waals surface area contributed by atoms with Crippen molar-refractivity contribution in [3.63, 3.8) is 0 Å². The van der Waals surface area contributed by atoms with Crippen LogP contribution in [0.15, 0.2) is 30.3 Å². The molecule has 0 aliphatic rings. The molecule has 0 amide bonds.